The summed E-state index contributed by atoms with van der Waals surface area (Å²) in [5.41, 5.74) is 0. The smallest absolute Gasteiger partial charge is 0.0124 e. The lowest BCUT2D eigenvalue weighted by Gasteiger charge is -1.99. The van der Waals surface area contributed by atoms with E-state index in [4.69, 9.17) is 0 Å². The highest BCUT2D eigenvalue weighted by molar-refractivity contribution is 4.82. The average molecular weight is 111 g/mol. The van der Waals surface area contributed by atoms with Crippen LogP contribution in [-0.4, -0.2) is 15.5 Å². The summed E-state index contributed by atoms with van der Waals surface area (Å²) in [6.45, 7) is 4.00. The second kappa shape index (κ2) is 1.90. The lowest BCUT2D eigenvalue weighted by Crippen LogP contribution is -1.91. The number of aromatic nitrogens is 4. The number of tetrazole rings is 1. The topological polar surface area (TPSA) is 52.8 Å². The molecule has 1 aromatic heterocycles. The molecule has 4 nitrogen and oxygen atoms in total. The maximum absolute atomic E-state index is 3.64. The third-order valence-electron chi connectivity index (χ3n) is 0.851. The largest absolute Gasteiger partial charge is 0.335 e. The monoisotopic (exact) mass is 111 g/mol. The van der Waals surface area contributed by atoms with Gasteiger partial charge in [0.1, 0.15) is 0 Å². The number of hydrogen-bond acceptors (Lipinski definition) is 3. The molecule has 4 heteroatoms. The fraction of sp³-hybridized carbons (Fsp3) is 0.750. The second-order valence-corrected chi connectivity index (χ2v) is 1.89. The summed E-state index contributed by atoms with van der Waals surface area (Å²) in [5, 5.41) is 14.0. The molecule has 1 heterocycles. The summed E-state index contributed by atoms with van der Waals surface area (Å²) in [5.74, 6) is 1.05. The van der Waals surface area contributed by atoms with Crippen molar-refractivity contribution in [3.05, 3.63) is 5.82 Å². The van der Waals surface area contributed by atoms with E-state index in [1.807, 2.05) is 13.8 Å². The Morgan fingerprint density at radius 1 is 1.50 bits per heavy atom. The van der Waals surface area contributed by atoms with Gasteiger partial charge in [-0.2, -0.15) is 5.21 Å². The van der Waals surface area contributed by atoms with Crippen molar-refractivity contribution in [2.45, 2.75) is 19.8 Å². The summed E-state index contributed by atoms with van der Waals surface area (Å²) in [7, 11) is 0. The van der Waals surface area contributed by atoms with E-state index in [0.29, 0.717) is 11.7 Å². The molecule has 0 amide bonds. The zero-order chi connectivity index (χ0) is 5.98. The predicted octanol–water partition coefficient (Wildman–Crippen LogP) is -0.0478. The number of rotatable bonds is 1. The van der Waals surface area contributed by atoms with E-state index in [1.165, 1.54) is 0 Å². The van der Waals surface area contributed by atoms with Crippen LogP contribution in [0.5, 0.6) is 0 Å². The molecular formula is C4H7N4-. The van der Waals surface area contributed by atoms with Crippen LogP contribution in [0.15, 0.2) is 0 Å². The lowest BCUT2D eigenvalue weighted by atomic mass is 10.2. The third kappa shape index (κ3) is 0.828. The van der Waals surface area contributed by atoms with Gasteiger partial charge < -0.3 is 5.10 Å². The molecule has 0 bridgehead atoms. The second-order valence-electron chi connectivity index (χ2n) is 1.89. The van der Waals surface area contributed by atoms with E-state index in [1.54, 1.807) is 0 Å². The molecule has 1 rings (SSSR count). The van der Waals surface area contributed by atoms with Gasteiger partial charge in [-0.1, -0.05) is 13.8 Å². The Bertz CT molecular complexity index is 143. The van der Waals surface area contributed by atoms with Gasteiger partial charge in [0.15, 0.2) is 0 Å². The first-order chi connectivity index (χ1) is 3.80. The minimum Gasteiger partial charge on any atom is -0.335 e. The van der Waals surface area contributed by atoms with Crippen molar-refractivity contribution >= 4 is 0 Å². The van der Waals surface area contributed by atoms with Crippen LogP contribution in [0.3, 0.4) is 0 Å². The van der Waals surface area contributed by atoms with Gasteiger partial charge in [0.05, 0.1) is 0 Å². The van der Waals surface area contributed by atoms with Gasteiger partial charge in [-0.05, 0) is 5.92 Å². The normalized spacial score (nSPS) is 10.4. The fourth-order valence-electron chi connectivity index (χ4n) is 0.383. The van der Waals surface area contributed by atoms with Crippen molar-refractivity contribution < 1.29 is 0 Å². The molecule has 0 aliphatic carbocycles. The summed E-state index contributed by atoms with van der Waals surface area (Å²) in [4.78, 5) is 0. The van der Waals surface area contributed by atoms with Crippen molar-refractivity contribution in [1.82, 2.24) is 20.6 Å². The Morgan fingerprint density at radius 3 is 2.50 bits per heavy atom. The van der Waals surface area contributed by atoms with Crippen molar-refractivity contribution in [1.29, 1.82) is 0 Å². The number of nitrogens with zero attached hydrogens (tertiary/aromatic N) is 4. The van der Waals surface area contributed by atoms with Crippen LogP contribution in [0.2, 0.25) is 0 Å². The van der Waals surface area contributed by atoms with E-state index in [2.05, 4.69) is 20.6 Å². The van der Waals surface area contributed by atoms with Crippen LogP contribution >= 0.6 is 0 Å². The summed E-state index contributed by atoms with van der Waals surface area (Å²) < 4.78 is 0. The number of hydrogen-bond donors (Lipinski definition) is 0. The highest BCUT2D eigenvalue weighted by Gasteiger charge is 1.91. The highest BCUT2D eigenvalue weighted by Crippen LogP contribution is 2.02. The van der Waals surface area contributed by atoms with E-state index in [9.17, 15) is 0 Å². The van der Waals surface area contributed by atoms with E-state index >= 15 is 0 Å². The Labute approximate surface area is 47.3 Å². The van der Waals surface area contributed by atoms with Crippen LogP contribution in [0.1, 0.15) is 25.6 Å². The summed E-state index contributed by atoms with van der Waals surface area (Å²) in [6, 6.07) is 0. The SMILES string of the molecule is CC(C)c1nnn[n-]1. The van der Waals surface area contributed by atoms with Crippen LogP contribution < -0.4 is 5.10 Å². The molecule has 44 valence electrons. The van der Waals surface area contributed by atoms with Gasteiger partial charge in [-0.3, -0.25) is 10.3 Å². The fourth-order valence-corrected chi connectivity index (χ4v) is 0.383. The molecule has 0 aliphatic heterocycles. The zero-order valence-electron chi connectivity index (χ0n) is 4.87. The molecule has 0 aliphatic rings. The average Bonchev–Trinajstić information content (AvgIpc) is 2.12. The first kappa shape index (κ1) is 5.21. The van der Waals surface area contributed by atoms with Crippen molar-refractivity contribution in [2.75, 3.05) is 0 Å². The molecule has 1 aromatic rings. The van der Waals surface area contributed by atoms with E-state index in [-0.39, 0.29) is 0 Å². The van der Waals surface area contributed by atoms with Gasteiger partial charge in [0, 0.05) is 5.82 Å². The van der Waals surface area contributed by atoms with Crippen LogP contribution in [-0.2, 0) is 0 Å². The van der Waals surface area contributed by atoms with Gasteiger partial charge >= 0.3 is 0 Å². The van der Waals surface area contributed by atoms with Gasteiger partial charge in [0.2, 0.25) is 0 Å². The van der Waals surface area contributed by atoms with Crippen LogP contribution in [0.4, 0.5) is 0 Å². The standard InChI is InChI=1S/C4H7N4/c1-3(2)4-5-7-8-6-4/h3H,1-2H3/q-1. The molecule has 0 fully saturated rings. The lowest BCUT2D eigenvalue weighted by molar-refractivity contribution is 0.772. The Hall–Kier alpha value is -0.930. The third-order valence-corrected chi connectivity index (χ3v) is 0.851. The quantitative estimate of drug-likeness (QED) is 0.510. The molecule has 0 saturated carbocycles. The van der Waals surface area contributed by atoms with Crippen molar-refractivity contribution in [3.63, 3.8) is 0 Å². The predicted molar refractivity (Wildman–Crippen MR) is 27.2 cm³/mol. The molecule has 8 heavy (non-hydrogen) atoms. The summed E-state index contributed by atoms with van der Waals surface area (Å²) in [6.07, 6.45) is 0. The van der Waals surface area contributed by atoms with E-state index in [0.717, 1.165) is 0 Å². The van der Waals surface area contributed by atoms with E-state index < -0.39 is 0 Å². The minimum absolute atomic E-state index is 0.338. The molecule has 0 N–H and O–H groups in total. The van der Waals surface area contributed by atoms with Crippen LogP contribution in [0, 0.1) is 0 Å². The van der Waals surface area contributed by atoms with Gasteiger partial charge in [0.25, 0.3) is 0 Å². The molecule has 0 aromatic carbocycles. The minimum atomic E-state index is 0.338. The highest BCUT2D eigenvalue weighted by atomic mass is 15.5. The van der Waals surface area contributed by atoms with Gasteiger partial charge in [-0.25, -0.2) is 0 Å². The molecular weight excluding hydrogens is 104 g/mol. The summed E-state index contributed by atoms with van der Waals surface area (Å²) >= 11 is 0. The van der Waals surface area contributed by atoms with Crippen molar-refractivity contribution in [3.8, 4) is 0 Å². The maximum atomic E-state index is 3.64. The van der Waals surface area contributed by atoms with Crippen molar-refractivity contribution in [2.24, 2.45) is 0 Å². The molecule has 0 atom stereocenters. The van der Waals surface area contributed by atoms with Gasteiger partial charge in [-0.15, -0.1) is 0 Å². The first-order valence-corrected chi connectivity index (χ1v) is 2.49. The Kier molecular flexibility index (Phi) is 1.24. The zero-order valence-corrected chi connectivity index (χ0v) is 4.87. The maximum Gasteiger partial charge on any atom is 0.0124 e. The van der Waals surface area contributed by atoms with Crippen LogP contribution in [0.25, 0.3) is 0 Å². The Morgan fingerprint density at radius 2 is 2.25 bits per heavy atom. The molecule has 0 spiro atoms. The molecule has 0 saturated heterocycles. The molecule has 0 radical (unpaired) electrons. The first-order valence-electron chi connectivity index (χ1n) is 2.49. The molecule has 0 unspecified atom stereocenters. The Balaban J connectivity index is 2.77.